The Morgan fingerprint density at radius 2 is 1.75 bits per heavy atom. The Hall–Kier alpha value is -4.95. The molecule has 0 saturated carbocycles. The molecular formula is C24H16N4O4. The summed E-state index contributed by atoms with van der Waals surface area (Å²) < 4.78 is 5.65. The van der Waals surface area contributed by atoms with Crippen LogP contribution >= 0.6 is 0 Å². The van der Waals surface area contributed by atoms with Gasteiger partial charge in [-0.15, -0.1) is 0 Å². The van der Waals surface area contributed by atoms with E-state index in [9.17, 15) is 25.4 Å². The van der Waals surface area contributed by atoms with E-state index in [0.29, 0.717) is 17.0 Å². The zero-order valence-electron chi connectivity index (χ0n) is 16.9. The third-order valence-electron chi connectivity index (χ3n) is 4.39. The molecule has 0 atom stereocenters. The van der Waals surface area contributed by atoms with Crippen LogP contribution in [0.4, 0.5) is 11.4 Å². The number of nitriles is 2. The van der Waals surface area contributed by atoms with E-state index in [2.05, 4.69) is 5.32 Å². The number of anilines is 1. The van der Waals surface area contributed by atoms with Crippen LogP contribution in [0.5, 0.6) is 11.5 Å². The van der Waals surface area contributed by atoms with Crippen LogP contribution in [0.15, 0.2) is 72.3 Å². The molecular weight excluding hydrogens is 408 g/mol. The Morgan fingerprint density at radius 1 is 1.06 bits per heavy atom. The van der Waals surface area contributed by atoms with Crippen molar-refractivity contribution in [2.24, 2.45) is 0 Å². The standard InChI is InChI=1S/C24H16N4O4/c1-16-2-6-20(7-3-16)27-24(29)19(15-26)12-17-4-9-22(10-5-17)32-23-11-8-21(28(30)31)13-18(23)14-25/h2-13H,1H3,(H,27,29)/b19-12+. The first kappa shape index (κ1) is 21.8. The lowest BCUT2D eigenvalue weighted by Gasteiger charge is -2.08. The third-order valence-corrected chi connectivity index (χ3v) is 4.39. The number of hydrogen-bond donors (Lipinski definition) is 1. The summed E-state index contributed by atoms with van der Waals surface area (Å²) in [4.78, 5) is 22.6. The highest BCUT2D eigenvalue weighted by Crippen LogP contribution is 2.28. The van der Waals surface area contributed by atoms with Gasteiger partial charge in [0.1, 0.15) is 34.8 Å². The molecule has 3 aromatic carbocycles. The fourth-order valence-electron chi connectivity index (χ4n) is 2.72. The fourth-order valence-corrected chi connectivity index (χ4v) is 2.72. The molecule has 0 spiro atoms. The van der Waals surface area contributed by atoms with Gasteiger partial charge in [0.05, 0.1) is 4.92 Å². The summed E-state index contributed by atoms with van der Waals surface area (Å²) in [5.74, 6) is 0.0351. The summed E-state index contributed by atoms with van der Waals surface area (Å²) in [7, 11) is 0. The number of aryl methyl sites for hydroxylation is 1. The maximum Gasteiger partial charge on any atom is 0.271 e. The summed E-state index contributed by atoms with van der Waals surface area (Å²) in [6.07, 6.45) is 1.44. The summed E-state index contributed by atoms with van der Waals surface area (Å²) in [6.45, 7) is 1.93. The average molecular weight is 424 g/mol. The Bertz CT molecular complexity index is 1280. The van der Waals surface area contributed by atoms with Crippen LogP contribution < -0.4 is 10.1 Å². The highest BCUT2D eigenvalue weighted by Gasteiger charge is 2.13. The molecule has 0 radical (unpaired) electrons. The quantitative estimate of drug-likeness (QED) is 0.253. The van der Waals surface area contributed by atoms with Crippen LogP contribution in [0.2, 0.25) is 0 Å². The Morgan fingerprint density at radius 3 is 2.34 bits per heavy atom. The summed E-state index contributed by atoms with van der Waals surface area (Å²) >= 11 is 0. The lowest BCUT2D eigenvalue weighted by molar-refractivity contribution is -0.384. The van der Waals surface area contributed by atoms with Gasteiger partial charge in [0.15, 0.2) is 0 Å². The molecule has 0 heterocycles. The summed E-state index contributed by atoms with van der Waals surface area (Å²) in [5.41, 5.74) is 1.99. The van der Waals surface area contributed by atoms with Gasteiger partial charge in [-0.25, -0.2) is 0 Å². The van der Waals surface area contributed by atoms with Crippen LogP contribution in [0.25, 0.3) is 6.08 Å². The van der Waals surface area contributed by atoms with Crippen LogP contribution in [0.1, 0.15) is 16.7 Å². The highest BCUT2D eigenvalue weighted by molar-refractivity contribution is 6.09. The number of amides is 1. The molecule has 0 aliphatic rings. The predicted octanol–water partition coefficient (Wildman–Crippen LogP) is 5.11. The van der Waals surface area contributed by atoms with Crippen LogP contribution in [0.3, 0.4) is 0 Å². The Balaban J connectivity index is 1.74. The van der Waals surface area contributed by atoms with Gasteiger partial charge in [0.2, 0.25) is 0 Å². The van der Waals surface area contributed by atoms with Crippen LogP contribution in [-0.4, -0.2) is 10.8 Å². The van der Waals surface area contributed by atoms with Crippen LogP contribution in [-0.2, 0) is 4.79 Å². The minimum absolute atomic E-state index is 0.0303. The third kappa shape index (κ3) is 5.35. The van der Waals surface area contributed by atoms with E-state index in [0.717, 1.165) is 11.6 Å². The van der Waals surface area contributed by atoms with Gasteiger partial charge in [-0.3, -0.25) is 14.9 Å². The fraction of sp³-hybridized carbons (Fsp3) is 0.0417. The maximum atomic E-state index is 12.4. The number of carbonyl (C=O) groups is 1. The summed E-state index contributed by atoms with van der Waals surface area (Å²) in [6, 6.07) is 21.2. The van der Waals surface area contributed by atoms with Gasteiger partial charge < -0.3 is 10.1 Å². The van der Waals surface area contributed by atoms with Gasteiger partial charge in [0.25, 0.3) is 11.6 Å². The molecule has 0 aliphatic heterocycles. The molecule has 0 aromatic heterocycles. The van der Waals surface area contributed by atoms with Crippen molar-refractivity contribution < 1.29 is 14.5 Å². The van der Waals surface area contributed by atoms with Crippen molar-refractivity contribution in [2.75, 3.05) is 5.32 Å². The second-order valence-electron chi connectivity index (χ2n) is 6.71. The number of hydrogen-bond acceptors (Lipinski definition) is 6. The highest BCUT2D eigenvalue weighted by atomic mass is 16.6. The van der Waals surface area contributed by atoms with Crippen molar-refractivity contribution in [1.29, 1.82) is 10.5 Å². The lowest BCUT2D eigenvalue weighted by atomic mass is 10.1. The normalized spacial score (nSPS) is 10.5. The topological polar surface area (TPSA) is 129 Å². The second kappa shape index (κ2) is 9.70. The molecule has 1 amide bonds. The lowest BCUT2D eigenvalue weighted by Crippen LogP contribution is -2.13. The number of nitrogens with zero attached hydrogens (tertiary/aromatic N) is 3. The van der Waals surface area contributed by atoms with E-state index in [-0.39, 0.29) is 22.6 Å². The smallest absolute Gasteiger partial charge is 0.271 e. The Kier molecular flexibility index (Phi) is 6.59. The molecule has 1 N–H and O–H groups in total. The molecule has 0 saturated heterocycles. The molecule has 8 heteroatoms. The van der Waals surface area contributed by atoms with Crippen molar-refractivity contribution >= 4 is 23.4 Å². The van der Waals surface area contributed by atoms with E-state index in [1.807, 2.05) is 31.2 Å². The molecule has 3 rings (SSSR count). The number of benzene rings is 3. The van der Waals surface area contributed by atoms with Gasteiger partial charge in [-0.1, -0.05) is 29.8 Å². The van der Waals surface area contributed by atoms with Crippen molar-refractivity contribution in [1.82, 2.24) is 0 Å². The van der Waals surface area contributed by atoms with Crippen molar-refractivity contribution in [2.45, 2.75) is 6.92 Å². The first-order valence-electron chi connectivity index (χ1n) is 9.36. The molecule has 32 heavy (non-hydrogen) atoms. The number of rotatable bonds is 6. The summed E-state index contributed by atoms with van der Waals surface area (Å²) in [5, 5.41) is 32.1. The van der Waals surface area contributed by atoms with E-state index < -0.39 is 10.8 Å². The molecule has 156 valence electrons. The molecule has 3 aromatic rings. The molecule has 8 nitrogen and oxygen atoms in total. The van der Waals surface area contributed by atoms with Gasteiger partial charge in [0, 0.05) is 17.8 Å². The predicted molar refractivity (Wildman–Crippen MR) is 118 cm³/mol. The molecule has 0 fully saturated rings. The van der Waals surface area contributed by atoms with Crippen molar-refractivity contribution in [3.05, 3.63) is 99.1 Å². The zero-order valence-corrected chi connectivity index (χ0v) is 16.9. The minimum atomic E-state index is -0.590. The first-order valence-corrected chi connectivity index (χ1v) is 9.36. The number of nitrogens with one attached hydrogen (secondary N) is 1. The number of nitro benzene ring substituents is 1. The average Bonchev–Trinajstić information content (AvgIpc) is 2.80. The number of nitro groups is 1. The van der Waals surface area contributed by atoms with E-state index in [1.54, 1.807) is 36.4 Å². The Labute approximate surface area is 183 Å². The largest absolute Gasteiger partial charge is 0.456 e. The second-order valence-corrected chi connectivity index (χ2v) is 6.71. The van der Waals surface area contributed by atoms with Crippen LogP contribution in [0, 0.1) is 39.7 Å². The van der Waals surface area contributed by atoms with E-state index >= 15 is 0 Å². The van der Waals surface area contributed by atoms with E-state index in [4.69, 9.17) is 4.74 Å². The molecule has 0 unspecified atom stereocenters. The van der Waals surface area contributed by atoms with Crippen molar-refractivity contribution in [3.63, 3.8) is 0 Å². The minimum Gasteiger partial charge on any atom is -0.456 e. The van der Waals surface area contributed by atoms with Gasteiger partial charge in [-0.2, -0.15) is 10.5 Å². The zero-order chi connectivity index (χ0) is 23.1. The maximum absolute atomic E-state index is 12.4. The number of carbonyl (C=O) groups excluding carboxylic acids is 1. The van der Waals surface area contributed by atoms with E-state index in [1.165, 1.54) is 18.2 Å². The van der Waals surface area contributed by atoms with Gasteiger partial charge >= 0.3 is 0 Å². The monoisotopic (exact) mass is 424 g/mol. The van der Waals surface area contributed by atoms with Crippen molar-refractivity contribution in [3.8, 4) is 23.6 Å². The first-order chi connectivity index (χ1) is 15.4. The van der Waals surface area contributed by atoms with Gasteiger partial charge in [-0.05, 0) is 48.9 Å². The molecule has 0 aliphatic carbocycles. The SMILES string of the molecule is Cc1ccc(NC(=O)/C(C#N)=C/c2ccc(Oc3ccc([N+](=O)[O-])cc3C#N)cc2)cc1. The molecule has 0 bridgehead atoms. The number of non-ortho nitro benzene ring substituents is 1. The number of ether oxygens (including phenoxy) is 1.